The van der Waals surface area contributed by atoms with Crippen LogP contribution < -0.4 is 4.90 Å². The van der Waals surface area contributed by atoms with Gasteiger partial charge in [-0.25, -0.2) is 9.78 Å². The Balaban J connectivity index is 2.20. The minimum atomic E-state index is -0.936. The van der Waals surface area contributed by atoms with E-state index in [-0.39, 0.29) is 0 Å². The largest absolute Gasteiger partial charge is 0.478 e. The van der Waals surface area contributed by atoms with E-state index < -0.39 is 5.97 Å². The normalized spacial score (nSPS) is 22.9. The zero-order valence-corrected chi connectivity index (χ0v) is 12.1. The van der Waals surface area contributed by atoms with Crippen molar-refractivity contribution in [2.45, 2.75) is 38.6 Å². The molecule has 4 heteroatoms. The average molecular weight is 274 g/mol. The summed E-state index contributed by atoms with van der Waals surface area (Å²) in [5, 5.41) is 8.77. The highest BCUT2D eigenvalue weighted by Crippen LogP contribution is 2.30. The second-order valence-corrected chi connectivity index (χ2v) is 5.62. The standard InChI is InChI=1S/C16H22N2O2/c1-12-5-3-7-14(11-12)18(2)16-13(6-4-10-17-16)8-9-15(19)20/h4,6,8-10,12,14H,3,5,7,11H2,1-2H3,(H,19,20)/b9-8+. The molecule has 1 saturated carbocycles. The zero-order valence-electron chi connectivity index (χ0n) is 12.1. The maximum Gasteiger partial charge on any atom is 0.328 e. The molecule has 0 aromatic carbocycles. The van der Waals surface area contributed by atoms with Crippen molar-refractivity contribution in [3.8, 4) is 0 Å². The Hall–Kier alpha value is -1.84. The lowest BCUT2D eigenvalue weighted by Gasteiger charge is -2.35. The number of carboxylic acid groups (broad SMARTS) is 1. The Morgan fingerprint density at radius 3 is 3.00 bits per heavy atom. The third kappa shape index (κ3) is 3.59. The van der Waals surface area contributed by atoms with Crippen LogP contribution in [0.5, 0.6) is 0 Å². The van der Waals surface area contributed by atoms with E-state index in [9.17, 15) is 4.79 Å². The predicted molar refractivity (Wildman–Crippen MR) is 80.7 cm³/mol. The SMILES string of the molecule is CC1CCCC(N(C)c2ncccc2/C=C/C(=O)O)C1. The van der Waals surface area contributed by atoms with E-state index >= 15 is 0 Å². The van der Waals surface area contributed by atoms with Gasteiger partial charge in [-0.05, 0) is 37.0 Å². The fourth-order valence-corrected chi connectivity index (χ4v) is 2.92. The van der Waals surface area contributed by atoms with E-state index in [0.29, 0.717) is 6.04 Å². The number of anilines is 1. The van der Waals surface area contributed by atoms with E-state index in [1.165, 1.54) is 25.7 Å². The van der Waals surface area contributed by atoms with Gasteiger partial charge in [-0.15, -0.1) is 0 Å². The van der Waals surface area contributed by atoms with Crippen LogP contribution in [0, 0.1) is 5.92 Å². The Bertz CT molecular complexity index is 499. The van der Waals surface area contributed by atoms with Gasteiger partial charge in [0.25, 0.3) is 0 Å². The molecule has 1 aromatic heterocycles. The summed E-state index contributed by atoms with van der Waals surface area (Å²) in [6, 6.07) is 4.23. The molecule has 0 amide bonds. The molecule has 1 aliphatic rings. The Labute approximate surface area is 120 Å². The highest BCUT2D eigenvalue weighted by atomic mass is 16.4. The van der Waals surface area contributed by atoms with Gasteiger partial charge in [-0.3, -0.25) is 0 Å². The molecular weight excluding hydrogens is 252 g/mol. The number of carbonyl (C=O) groups is 1. The molecule has 1 fully saturated rings. The van der Waals surface area contributed by atoms with Crippen molar-refractivity contribution in [2.24, 2.45) is 5.92 Å². The first kappa shape index (κ1) is 14.6. The molecule has 1 N–H and O–H groups in total. The molecule has 20 heavy (non-hydrogen) atoms. The van der Waals surface area contributed by atoms with E-state index in [1.54, 1.807) is 12.3 Å². The highest BCUT2D eigenvalue weighted by molar-refractivity contribution is 5.86. The second-order valence-electron chi connectivity index (χ2n) is 5.62. The summed E-state index contributed by atoms with van der Waals surface area (Å²) in [4.78, 5) is 17.3. The summed E-state index contributed by atoms with van der Waals surface area (Å²) < 4.78 is 0. The summed E-state index contributed by atoms with van der Waals surface area (Å²) in [6.07, 6.45) is 9.46. The third-order valence-electron chi connectivity index (χ3n) is 4.01. The lowest BCUT2D eigenvalue weighted by Crippen LogP contribution is -2.36. The Morgan fingerprint density at radius 2 is 2.30 bits per heavy atom. The molecule has 0 bridgehead atoms. The van der Waals surface area contributed by atoms with Gasteiger partial charge in [0.05, 0.1) is 0 Å². The number of aliphatic carboxylic acids is 1. The molecular formula is C16H22N2O2. The summed E-state index contributed by atoms with van der Waals surface area (Å²) >= 11 is 0. The van der Waals surface area contributed by atoms with Crippen molar-refractivity contribution >= 4 is 17.9 Å². The molecule has 108 valence electrons. The van der Waals surface area contributed by atoms with Crippen molar-refractivity contribution in [1.82, 2.24) is 4.98 Å². The molecule has 2 rings (SSSR count). The van der Waals surface area contributed by atoms with Crippen molar-refractivity contribution in [3.63, 3.8) is 0 Å². The molecule has 1 heterocycles. The van der Waals surface area contributed by atoms with Crippen LogP contribution >= 0.6 is 0 Å². The van der Waals surface area contributed by atoms with Crippen LogP contribution in [0.1, 0.15) is 38.2 Å². The molecule has 1 aliphatic carbocycles. The van der Waals surface area contributed by atoms with Gasteiger partial charge in [0, 0.05) is 30.9 Å². The van der Waals surface area contributed by atoms with Gasteiger partial charge in [0.15, 0.2) is 0 Å². The molecule has 2 atom stereocenters. The zero-order chi connectivity index (χ0) is 14.5. The summed E-state index contributed by atoms with van der Waals surface area (Å²) in [5.41, 5.74) is 0.857. The van der Waals surface area contributed by atoms with Gasteiger partial charge >= 0.3 is 5.97 Å². The molecule has 4 nitrogen and oxygen atoms in total. The van der Waals surface area contributed by atoms with Crippen LogP contribution in [0.15, 0.2) is 24.4 Å². The van der Waals surface area contributed by atoms with Crippen LogP contribution in [0.25, 0.3) is 6.08 Å². The maximum atomic E-state index is 10.7. The maximum absolute atomic E-state index is 10.7. The number of pyridine rings is 1. The molecule has 2 unspecified atom stereocenters. The van der Waals surface area contributed by atoms with Crippen molar-refractivity contribution < 1.29 is 9.90 Å². The molecule has 0 spiro atoms. The van der Waals surface area contributed by atoms with Crippen LogP contribution in [-0.4, -0.2) is 29.1 Å². The number of aromatic nitrogens is 1. The first-order valence-electron chi connectivity index (χ1n) is 7.16. The topological polar surface area (TPSA) is 53.4 Å². The minimum absolute atomic E-state index is 0.491. The number of nitrogens with zero attached hydrogens (tertiary/aromatic N) is 2. The third-order valence-corrected chi connectivity index (χ3v) is 4.01. The Kier molecular flexibility index (Phi) is 4.77. The van der Waals surface area contributed by atoms with E-state index in [1.807, 2.05) is 12.1 Å². The molecule has 1 aromatic rings. The van der Waals surface area contributed by atoms with E-state index in [0.717, 1.165) is 23.4 Å². The number of rotatable bonds is 4. The number of carboxylic acids is 1. The van der Waals surface area contributed by atoms with Crippen LogP contribution in [0.2, 0.25) is 0 Å². The monoisotopic (exact) mass is 274 g/mol. The van der Waals surface area contributed by atoms with Crippen molar-refractivity contribution in [3.05, 3.63) is 30.0 Å². The Morgan fingerprint density at radius 1 is 1.50 bits per heavy atom. The van der Waals surface area contributed by atoms with Gasteiger partial charge in [0.2, 0.25) is 0 Å². The minimum Gasteiger partial charge on any atom is -0.478 e. The fourth-order valence-electron chi connectivity index (χ4n) is 2.92. The first-order valence-corrected chi connectivity index (χ1v) is 7.16. The van der Waals surface area contributed by atoms with Crippen LogP contribution in [0.3, 0.4) is 0 Å². The lowest BCUT2D eigenvalue weighted by molar-refractivity contribution is -0.131. The summed E-state index contributed by atoms with van der Waals surface area (Å²) in [7, 11) is 2.06. The lowest BCUT2D eigenvalue weighted by atomic mass is 9.86. The van der Waals surface area contributed by atoms with E-state index in [2.05, 4.69) is 23.9 Å². The summed E-state index contributed by atoms with van der Waals surface area (Å²) in [6.45, 7) is 2.30. The predicted octanol–water partition coefficient (Wildman–Crippen LogP) is 3.19. The first-order chi connectivity index (χ1) is 9.58. The fraction of sp³-hybridized carbons (Fsp3) is 0.500. The second kappa shape index (κ2) is 6.55. The highest BCUT2D eigenvalue weighted by Gasteiger charge is 2.24. The van der Waals surface area contributed by atoms with Crippen LogP contribution in [0.4, 0.5) is 5.82 Å². The van der Waals surface area contributed by atoms with Gasteiger partial charge in [-0.2, -0.15) is 0 Å². The summed E-state index contributed by atoms with van der Waals surface area (Å²) in [5.74, 6) is 0.677. The van der Waals surface area contributed by atoms with Gasteiger partial charge < -0.3 is 10.0 Å². The molecule has 0 radical (unpaired) electrons. The van der Waals surface area contributed by atoms with Crippen molar-refractivity contribution in [1.29, 1.82) is 0 Å². The number of hydrogen-bond donors (Lipinski definition) is 1. The molecule has 0 saturated heterocycles. The van der Waals surface area contributed by atoms with Crippen LogP contribution in [-0.2, 0) is 4.79 Å². The van der Waals surface area contributed by atoms with Gasteiger partial charge in [-0.1, -0.05) is 19.8 Å². The van der Waals surface area contributed by atoms with E-state index in [4.69, 9.17) is 5.11 Å². The van der Waals surface area contributed by atoms with Crippen molar-refractivity contribution in [2.75, 3.05) is 11.9 Å². The smallest absolute Gasteiger partial charge is 0.328 e. The average Bonchev–Trinajstić information content (AvgIpc) is 2.44. The molecule has 0 aliphatic heterocycles. The van der Waals surface area contributed by atoms with Gasteiger partial charge in [0.1, 0.15) is 5.82 Å². The number of hydrogen-bond acceptors (Lipinski definition) is 3. The quantitative estimate of drug-likeness (QED) is 0.857.